The van der Waals surface area contributed by atoms with Crippen LogP contribution in [0.3, 0.4) is 0 Å². The number of hydrogen-bond donors (Lipinski definition) is 1. The average Bonchev–Trinajstić information content (AvgIpc) is 2.82. The number of ether oxygens (including phenoxy) is 1. The van der Waals surface area contributed by atoms with Gasteiger partial charge in [-0.15, -0.1) is 0 Å². The van der Waals surface area contributed by atoms with Gasteiger partial charge < -0.3 is 14.7 Å². The summed E-state index contributed by atoms with van der Waals surface area (Å²) >= 11 is 6.25. The second kappa shape index (κ2) is 8.10. The number of aliphatic hydroxyl groups is 1. The van der Waals surface area contributed by atoms with E-state index in [4.69, 9.17) is 21.3 Å². The van der Waals surface area contributed by atoms with Crippen molar-refractivity contribution in [2.24, 2.45) is 5.92 Å². The van der Waals surface area contributed by atoms with Crippen LogP contribution >= 0.6 is 11.6 Å². The van der Waals surface area contributed by atoms with Crippen molar-refractivity contribution in [3.63, 3.8) is 0 Å². The average molecular weight is 401 g/mol. The lowest BCUT2D eigenvalue weighted by Gasteiger charge is -2.36. The fourth-order valence-electron chi connectivity index (χ4n) is 4.60. The molecule has 6 heteroatoms. The molecule has 1 aromatic carbocycles. The number of piperidine rings is 1. The zero-order valence-electron chi connectivity index (χ0n) is 16.0. The molecule has 1 fully saturated rings. The Kier molecular flexibility index (Phi) is 5.56. The van der Waals surface area contributed by atoms with Crippen molar-refractivity contribution < 1.29 is 14.6 Å². The number of carbonyl (C=O) groups is 1. The Labute approximate surface area is 170 Å². The topological polar surface area (TPSA) is 62.7 Å². The van der Waals surface area contributed by atoms with Crippen molar-refractivity contribution in [1.29, 1.82) is 0 Å². The molecular weight excluding hydrogens is 376 g/mol. The van der Waals surface area contributed by atoms with Gasteiger partial charge in [0.05, 0.1) is 18.4 Å². The van der Waals surface area contributed by atoms with E-state index in [1.165, 1.54) is 5.56 Å². The Hall–Kier alpha value is -2.11. The summed E-state index contributed by atoms with van der Waals surface area (Å²) < 4.78 is 5.15. The summed E-state index contributed by atoms with van der Waals surface area (Å²) in [5, 5.41) is 11.5. The quantitative estimate of drug-likeness (QED) is 0.815. The number of aromatic nitrogens is 1. The molecule has 28 heavy (non-hydrogen) atoms. The first-order valence-electron chi connectivity index (χ1n) is 9.91. The number of nitrogens with zero attached hydrogens (tertiary/aromatic N) is 2. The molecule has 2 aliphatic rings. The molecule has 0 radical (unpaired) electrons. The molecule has 1 aromatic heterocycles. The van der Waals surface area contributed by atoms with E-state index in [2.05, 4.69) is 6.07 Å². The zero-order chi connectivity index (χ0) is 19.7. The second-order valence-electron chi connectivity index (χ2n) is 7.54. The Balaban J connectivity index is 1.68. The minimum atomic E-state index is -0.592. The van der Waals surface area contributed by atoms with Gasteiger partial charge in [0.2, 0.25) is 0 Å². The smallest absolute Gasteiger partial charge is 0.409 e. The lowest BCUT2D eigenvalue weighted by Crippen LogP contribution is -2.40. The van der Waals surface area contributed by atoms with Crippen LogP contribution in [0.1, 0.15) is 54.2 Å². The standard InChI is InChI=1S/C22H25ClN2O3/c1-2-28-22(27)25-10-7-14(8-11-25)20-17-6-5-16(23)12-15(17)13-19(26)18-4-3-9-24-21(18)20/h3-6,9,12,14,19-20,26H,2,7-8,10-11,13H2,1H3. The molecule has 4 rings (SSSR count). The summed E-state index contributed by atoms with van der Waals surface area (Å²) in [6, 6.07) is 9.82. The molecule has 1 saturated heterocycles. The number of fused-ring (bicyclic) bond motifs is 2. The van der Waals surface area contributed by atoms with Crippen LogP contribution in [0.4, 0.5) is 4.79 Å². The monoisotopic (exact) mass is 400 g/mol. The van der Waals surface area contributed by atoms with E-state index in [9.17, 15) is 9.90 Å². The van der Waals surface area contributed by atoms with Gasteiger partial charge in [0, 0.05) is 42.2 Å². The lowest BCUT2D eigenvalue weighted by molar-refractivity contribution is 0.0899. The van der Waals surface area contributed by atoms with Crippen molar-refractivity contribution in [2.45, 2.75) is 38.2 Å². The van der Waals surface area contributed by atoms with Crippen LogP contribution in [-0.2, 0) is 11.2 Å². The van der Waals surface area contributed by atoms with E-state index in [0.717, 1.165) is 29.7 Å². The molecule has 2 heterocycles. The van der Waals surface area contributed by atoms with E-state index >= 15 is 0 Å². The van der Waals surface area contributed by atoms with E-state index in [-0.39, 0.29) is 12.0 Å². The van der Waals surface area contributed by atoms with Gasteiger partial charge in [-0.3, -0.25) is 4.98 Å². The van der Waals surface area contributed by atoms with E-state index in [0.29, 0.717) is 37.1 Å². The van der Waals surface area contributed by atoms with Gasteiger partial charge in [0.1, 0.15) is 0 Å². The summed E-state index contributed by atoms with van der Waals surface area (Å²) in [7, 11) is 0. The normalized spacial score (nSPS) is 22.2. The number of hydrogen-bond acceptors (Lipinski definition) is 4. The molecular formula is C22H25ClN2O3. The highest BCUT2D eigenvalue weighted by Gasteiger charge is 2.36. The maximum absolute atomic E-state index is 12.1. The maximum atomic E-state index is 12.1. The number of likely N-dealkylation sites (tertiary alicyclic amines) is 1. The summed E-state index contributed by atoms with van der Waals surface area (Å²) in [4.78, 5) is 18.5. The van der Waals surface area contributed by atoms with Crippen LogP contribution in [0, 0.1) is 5.92 Å². The van der Waals surface area contributed by atoms with Gasteiger partial charge in [-0.05, 0) is 55.0 Å². The number of benzene rings is 1. The maximum Gasteiger partial charge on any atom is 0.409 e. The minimum absolute atomic E-state index is 0.0879. The molecule has 2 atom stereocenters. The van der Waals surface area contributed by atoms with Crippen LogP contribution in [0.25, 0.3) is 0 Å². The summed E-state index contributed by atoms with van der Waals surface area (Å²) in [6.45, 7) is 3.57. The highest BCUT2D eigenvalue weighted by molar-refractivity contribution is 6.30. The van der Waals surface area contributed by atoms with E-state index in [1.807, 2.05) is 31.2 Å². The summed E-state index contributed by atoms with van der Waals surface area (Å²) in [5.41, 5.74) is 4.12. The van der Waals surface area contributed by atoms with Gasteiger partial charge in [-0.1, -0.05) is 23.7 Å². The first kappa shape index (κ1) is 19.2. The van der Waals surface area contributed by atoms with Crippen LogP contribution in [0.5, 0.6) is 0 Å². The third-order valence-electron chi connectivity index (χ3n) is 5.92. The molecule has 1 aliphatic heterocycles. The van der Waals surface area contributed by atoms with Gasteiger partial charge in [0.15, 0.2) is 0 Å². The van der Waals surface area contributed by atoms with Crippen molar-refractivity contribution in [3.8, 4) is 0 Å². The largest absolute Gasteiger partial charge is 0.450 e. The van der Waals surface area contributed by atoms with E-state index in [1.54, 1.807) is 11.1 Å². The number of rotatable bonds is 2. The molecule has 1 aliphatic carbocycles. The predicted molar refractivity (Wildman–Crippen MR) is 108 cm³/mol. The van der Waals surface area contributed by atoms with Crippen molar-refractivity contribution in [1.82, 2.24) is 9.88 Å². The fraction of sp³-hybridized carbons (Fsp3) is 0.455. The highest BCUT2D eigenvalue weighted by atomic mass is 35.5. The Bertz CT molecular complexity index is 865. The number of aliphatic hydroxyl groups excluding tert-OH is 1. The first-order chi connectivity index (χ1) is 13.6. The van der Waals surface area contributed by atoms with Crippen LogP contribution in [-0.4, -0.2) is 40.8 Å². The van der Waals surface area contributed by atoms with E-state index < -0.39 is 6.10 Å². The van der Waals surface area contributed by atoms with Crippen molar-refractivity contribution >= 4 is 17.7 Å². The van der Waals surface area contributed by atoms with Crippen LogP contribution in [0.2, 0.25) is 5.02 Å². The Morgan fingerprint density at radius 1 is 1.29 bits per heavy atom. The third kappa shape index (κ3) is 3.61. The molecule has 1 amide bonds. The summed E-state index contributed by atoms with van der Waals surface area (Å²) in [6.07, 6.45) is 3.25. The summed E-state index contributed by atoms with van der Waals surface area (Å²) in [5.74, 6) is 0.425. The minimum Gasteiger partial charge on any atom is -0.450 e. The van der Waals surface area contributed by atoms with Crippen LogP contribution in [0.15, 0.2) is 36.5 Å². The molecule has 0 saturated carbocycles. The van der Waals surface area contributed by atoms with Crippen molar-refractivity contribution in [3.05, 3.63) is 63.9 Å². The highest BCUT2D eigenvalue weighted by Crippen LogP contribution is 2.44. The molecule has 0 bridgehead atoms. The SMILES string of the molecule is CCOC(=O)N1CCC(C2c3ccc(Cl)cc3CC(O)c3cccnc32)CC1. The van der Waals surface area contributed by atoms with Crippen molar-refractivity contribution in [2.75, 3.05) is 19.7 Å². The van der Waals surface area contributed by atoms with Gasteiger partial charge in [-0.2, -0.15) is 0 Å². The molecule has 2 aromatic rings. The zero-order valence-corrected chi connectivity index (χ0v) is 16.7. The molecule has 148 valence electrons. The predicted octanol–water partition coefficient (Wildman–Crippen LogP) is 4.32. The number of pyridine rings is 1. The lowest BCUT2D eigenvalue weighted by atomic mass is 9.76. The first-order valence-corrected chi connectivity index (χ1v) is 10.3. The Morgan fingerprint density at radius 3 is 2.82 bits per heavy atom. The van der Waals surface area contributed by atoms with Gasteiger partial charge in [-0.25, -0.2) is 4.79 Å². The second-order valence-corrected chi connectivity index (χ2v) is 7.98. The number of carbonyl (C=O) groups excluding carboxylic acids is 1. The molecule has 5 nitrogen and oxygen atoms in total. The molecule has 1 N–H and O–H groups in total. The van der Waals surface area contributed by atoms with Crippen LogP contribution < -0.4 is 0 Å². The van der Waals surface area contributed by atoms with Gasteiger partial charge >= 0.3 is 6.09 Å². The molecule has 0 spiro atoms. The number of halogens is 1. The van der Waals surface area contributed by atoms with Gasteiger partial charge in [0.25, 0.3) is 0 Å². The molecule has 2 unspecified atom stereocenters. The fourth-order valence-corrected chi connectivity index (χ4v) is 4.79. The number of amides is 1. The third-order valence-corrected chi connectivity index (χ3v) is 6.15. The Morgan fingerprint density at radius 2 is 2.07 bits per heavy atom.